The van der Waals surface area contributed by atoms with Gasteiger partial charge in [0.25, 0.3) is 5.69 Å². The van der Waals surface area contributed by atoms with Gasteiger partial charge in [0.2, 0.25) is 10.0 Å². The molecule has 1 saturated heterocycles. The number of hydrogen-bond acceptors (Lipinski definition) is 6. The second kappa shape index (κ2) is 8.14. The number of nitriles is 1. The number of halogens is 1. The van der Waals surface area contributed by atoms with E-state index in [0.717, 1.165) is 17.8 Å². The molecule has 0 saturated carbocycles. The molecule has 1 aliphatic rings. The Morgan fingerprint density at radius 2 is 1.82 bits per heavy atom. The Hall–Kier alpha value is -2.67. The number of nitrogens with one attached hydrogen (secondary N) is 1. The van der Waals surface area contributed by atoms with Crippen molar-refractivity contribution in [1.82, 2.24) is 4.72 Å². The van der Waals surface area contributed by atoms with Crippen molar-refractivity contribution in [2.75, 3.05) is 18.0 Å². The molecule has 1 aliphatic heterocycles. The SMILES string of the molecule is N#Cc1ccc(N2CCC(NS(=O)(=O)c3cc(Cl)ccc3[N+](=O)[O-])CC2)cc1. The molecule has 0 amide bonds. The van der Waals surface area contributed by atoms with Crippen molar-refractivity contribution in [1.29, 1.82) is 5.26 Å². The highest BCUT2D eigenvalue weighted by Gasteiger charge is 2.30. The van der Waals surface area contributed by atoms with E-state index >= 15 is 0 Å². The predicted octanol–water partition coefficient (Wildman–Crippen LogP) is 3.07. The fourth-order valence-corrected chi connectivity index (χ4v) is 4.88. The Morgan fingerprint density at radius 3 is 2.39 bits per heavy atom. The highest BCUT2D eigenvalue weighted by Crippen LogP contribution is 2.28. The van der Waals surface area contributed by atoms with Crippen molar-refractivity contribution in [3.8, 4) is 6.07 Å². The zero-order valence-electron chi connectivity index (χ0n) is 14.7. The average molecular weight is 421 g/mol. The van der Waals surface area contributed by atoms with Crippen molar-refractivity contribution >= 4 is 33.0 Å². The van der Waals surface area contributed by atoms with Crippen molar-refractivity contribution in [3.05, 3.63) is 63.2 Å². The monoisotopic (exact) mass is 420 g/mol. The molecule has 0 aliphatic carbocycles. The number of nitrogens with zero attached hydrogens (tertiary/aromatic N) is 3. The number of sulfonamides is 1. The normalized spacial score (nSPS) is 15.2. The van der Waals surface area contributed by atoms with Gasteiger partial charge in [-0.15, -0.1) is 0 Å². The number of anilines is 1. The van der Waals surface area contributed by atoms with Crippen LogP contribution in [0.3, 0.4) is 0 Å². The minimum absolute atomic E-state index is 0.113. The summed E-state index contributed by atoms with van der Waals surface area (Å²) in [5, 5.41) is 20.1. The summed E-state index contributed by atoms with van der Waals surface area (Å²) in [6.07, 6.45) is 1.10. The fourth-order valence-electron chi connectivity index (χ4n) is 3.14. The molecule has 28 heavy (non-hydrogen) atoms. The van der Waals surface area contributed by atoms with E-state index in [1.165, 1.54) is 6.07 Å². The molecular formula is C18H17ClN4O4S. The van der Waals surface area contributed by atoms with Gasteiger partial charge in [-0.3, -0.25) is 10.1 Å². The Balaban J connectivity index is 1.69. The van der Waals surface area contributed by atoms with E-state index in [9.17, 15) is 18.5 Å². The average Bonchev–Trinajstić information content (AvgIpc) is 2.68. The summed E-state index contributed by atoms with van der Waals surface area (Å²) in [6.45, 7) is 1.24. The molecule has 1 heterocycles. The van der Waals surface area contributed by atoms with Crippen LogP contribution in [0.15, 0.2) is 47.4 Å². The number of nitro groups is 1. The minimum atomic E-state index is -4.08. The van der Waals surface area contributed by atoms with Crippen LogP contribution >= 0.6 is 11.6 Å². The maximum absolute atomic E-state index is 12.7. The molecule has 0 unspecified atom stereocenters. The van der Waals surface area contributed by atoms with Crippen LogP contribution in [-0.2, 0) is 10.0 Å². The van der Waals surface area contributed by atoms with Crippen LogP contribution in [0.5, 0.6) is 0 Å². The Kier molecular flexibility index (Phi) is 5.84. The summed E-state index contributed by atoms with van der Waals surface area (Å²) < 4.78 is 27.9. The summed E-state index contributed by atoms with van der Waals surface area (Å²) >= 11 is 5.84. The van der Waals surface area contributed by atoms with Crippen LogP contribution in [-0.4, -0.2) is 32.5 Å². The largest absolute Gasteiger partial charge is 0.371 e. The third kappa shape index (κ3) is 4.42. The van der Waals surface area contributed by atoms with Gasteiger partial charge in [0, 0.05) is 35.9 Å². The first kappa shape index (κ1) is 20.1. The van der Waals surface area contributed by atoms with E-state index in [2.05, 4.69) is 15.7 Å². The molecule has 0 bridgehead atoms. The van der Waals surface area contributed by atoms with Crippen molar-refractivity contribution in [3.63, 3.8) is 0 Å². The lowest BCUT2D eigenvalue weighted by atomic mass is 10.1. The number of nitro benzene ring substituents is 1. The van der Waals surface area contributed by atoms with Gasteiger partial charge in [0.1, 0.15) is 0 Å². The summed E-state index contributed by atoms with van der Waals surface area (Å²) in [5.41, 5.74) is 1.03. The summed E-state index contributed by atoms with van der Waals surface area (Å²) in [4.78, 5) is 12.1. The van der Waals surface area contributed by atoms with Gasteiger partial charge in [0.05, 0.1) is 16.6 Å². The third-order valence-electron chi connectivity index (χ3n) is 4.59. The molecule has 1 N–H and O–H groups in total. The minimum Gasteiger partial charge on any atom is -0.371 e. The van der Waals surface area contributed by atoms with E-state index in [4.69, 9.17) is 16.9 Å². The van der Waals surface area contributed by atoms with Crippen LogP contribution < -0.4 is 9.62 Å². The Labute approximate surface area is 167 Å². The molecular weight excluding hydrogens is 404 g/mol. The van der Waals surface area contributed by atoms with Crippen LogP contribution in [0.4, 0.5) is 11.4 Å². The first-order chi connectivity index (χ1) is 13.3. The first-order valence-electron chi connectivity index (χ1n) is 8.51. The second-order valence-corrected chi connectivity index (χ2v) is 8.53. The zero-order chi connectivity index (χ0) is 20.3. The van der Waals surface area contributed by atoms with Gasteiger partial charge in [-0.25, -0.2) is 13.1 Å². The smallest absolute Gasteiger partial charge is 0.289 e. The third-order valence-corrected chi connectivity index (χ3v) is 6.37. The summed E-state index contributed by atoms with van der Waals surface area (Å²) in [6, 6.07) is 12.4. The molecule has 10 heteroatoms. The molecule has 0 atom stereocenters. The van der Waals surface area contributed by atoms with Crippen LogP contribution in [0.25, 0.3) is 0 Å². The molecule has 3 rings (SSSR count). The van der Waals surface area contributed by atoms with Gasteiger partial charge >= 0.3 is 0 Å². The molecule has 1 fully saturated rings. The van der Waals surface area contributed by atoms with Crippen LogP contribution in [0.1, 0.15) is 18.4 Å². The molecule has 0 aromatic heterocycles. The van der Waals surface area contributed by atoms with Crippen LogP contribution in [0, 0.1) is 21.4 Å². The quantitative estimate of drug-likeness (QED) is 0.586. The lowest BCUT2D eigenvalue weighted by molar-refractivity contribution is -0.387. The van der Waals surface area contributed by atoms with E-state index in [-0.39, 0.29) is 11.1 Å². The standard InChI is InChI=1S/C18H17ClN4O4S/c19-14-3-6-17(23(24)25)18(11-14)28(26,27)21-15-7-9-22(10-8-15)16-4-1-13(12-20)2-5-16/h1-6,11,15,21H,7-10H2. The zero-order valence-corrected chi connectivity index (χ0v) is 16.3. The van der Waals surface area contributed by atoms with E-state index in [1.54, 1.807) is 12.1 Å². The number of benzene rings is 2. The van der Waals surface area contributed by atoms with Gasteiger partial charge < -0.3 is 4.90 Å². The van der Waals surface area contributed by atoms with Crippen molar-refractivity contribution in [2.45, 2.75) is 23.8 Å². The van der Waals surface area contributed by atoms with Gasteiger partial charge in [-0.1, -0.05) is 11.6 Å². The highest BCUT2D eigenvalue weighted by molar-refractivity contribution is 7.89. The molecule has 0 radical (unpaired) electrons. The number of piperidine rings is 1. The number of rotatable bonds is 5. The van der Waals surface area contributed by atoms with Gasteiger partial charge in [-0.2, -0.15) is 5.26 Å². The highest BCUT2D eigenvalue weighted by atomic mass is 35.5. The predicted molar refractivity (Wildman–Crippen MR) is 105 cm³/mol. The molecule has 2 aromatic rings. The molecule has 2 aromatic carbocycles. The fraction of sp³-hybridized carbons (Fsp3) is 0.278. The van der Waals surface area contributed by atoms with Gasteiger partial charge in [-0.05, 0) is 49.2 Å². The maximum Gasteiger partial charge on any atom is 0.289 e. The van der Waals surface area contributed by atoms with E-state index in [1.807, 2.05) is 12.1 Å². The lowest BCUT2D eigenvalue weighted by Crippen LogP contribution is -2.44. The first-order valence-corrected chi connectivity index (χ1v) is 10.4. The Morgan fingerprint density at radius 1 is 1.18 bits per heavy atom. The van der Waals surface area contributed by atoms with Crippen molar-refractivity contribution in [2.24, 2.45) is 0 Å². The second-order valence-electron chi connectivity index (χ2n) is 6.41. The lowest BCUT2D eigenvalue weighted by Gasteiger charge is -2.33. The molecule has 146 valence electrons. The topological polar surface area (TPSA) is 116 Å². The molecule has 0 spiro atoms. The Bertz CT molecular complexity index is 1030. The number of hydrogen-bond donors (Lipinski definition) is 1. The van der Waals surface area contributed by atoms with E-state index in [0.29, 0.717) is 31.5 Å². The van der Waals surface area contributed by atoms with Crippen LogP contribution in [0.2, 0.25) is 5.02 Å². The maximum atomic E-state index is 12.7. The van der Waals surface area contributed by atoms with Gasteiger partial charge in [0.15, 0.2) is 4.90 Å². The summed E-state index contributed by atoms with van der Waals surface area (Å²) in [5.74, 6) is 0. The molecule has 8 nitrogen and oxygen atoms in total. The summed E-state index contributed by atoms with van der Waals surface area (Å²) in [7, 11) is -4.08. The van der Waals surface area contributed by atoms with Crippen molar-refractivity contribution < 1.29 is 13.3 Å². The van der Waals surface area contributed by atoms with E-state index < -0.39 is 25.5 Å².